The SMILES string of the molecule is CCOC(=O)C[C@H](CCCCCCc1ccc2c(n1)N(C(=O)OC(C)(C)C)CCC2)c1ccc(O)nc1. The van der Waals surface area contributed by atoms with E-state index in [4.69, 9.17) is 14.5 Å². The zero-order chi connectivity index (χ0) is 26.8. The monoisotopic (exact) mass is 511 g/mol. The number of nitrogens with zero attached hydrogens (tertiary/aromatic N) is 3. The topological polar surface area (TPSA) is 102 Å². The number of hydrogen-bond donors (Lipinski definition) is 1. The van der Waals surface area contributed by atoms with Crippen molar-refractivity contribution >= 4 is 17.9 Å². The summed E-state index contributed by atoms with van der Waals surface area (Å²) in [6, 6.07) is 7.56. The first-order chi connectivity index (χ1) is 17.7. The summed E-state index contributed by atoms with van der Waals surface area (Å²) in [6.45, 7) is 8.43. The number of fused-ring (bicyclic) bond motifs is 1. The molecule has 2 aromatic heterocycles. The summed E-state index contributed by atoms with van der Waals surface area (Å²) in [5.41, 5.74) is 2.49. The molecule has 8 heteroatoms. The van der Waals surface area contributed by atoms with E-state index in [0.29, 0.717) is 19.6 Å². The lowest BCUT2D eigenvalue weighted by Crippen LogP contribution is -2.40. The Labute approximate surface area is 220 Å². The van der Waals surface area contributed by atoms with Gasteiger partial charge in [0, 0.05) is 24.5 Å². The molecule has 0 saturated heterocycles. The summed E-state index contributed by atoms with van der Waals surface area (Å²) in [4.78, 5) is 35.3. The van der Waals surface area contributed by atoms with Gasteiger partial charge in [-0.2, -0.15) is 0 Å². The Balaban J connectivity index is 1.49. The van der Waals surface area contributed by atoms with Crippen LogP contribution < -0.4 is 4.90 Å². The molecule has 37 heavy (non-hydrogen) atoms. The second-order valence-corrected chi connectivity index (χ2v) is 10.6. The van der Waals surface area contributed by atoms with Gasteiger partial charge >= 0.3 is 12.1 Å². The summed E-state index contributed by atoms with van der Waals surface area (Å²) < 4.78 is 10.7. The fourth-order valence-electron chi connectivity index (χ4n) is 4.61. The van der Waals surface area contributed by atoms with Crippen LogP contribution in [0.1, 0.15) is 95.4 Å². The van der Waals surface area contributed by atoms with Gasteiger partial charge in [0.25, 0.3) is 0 Å². The van der Waals surface area contributed by atoms with Gasteiger partial charge in [-0.15, -0.1) is 0 Å². The van der Waals surface area contributed by atoms with Crippen LogP contribution in [0.15, 0.2) is 30.5 Å². The fraction of sp³-hybridized carbons (Fsp3) is 0.586. The van der Waals surface area contributed by atoms with E-state index in [1.807, 2.05) is 33.8 Å². The molecule has 1 atom stereocenters. The number of aryl methyl sites for hydroxylation is 2. The number of unbranched alkanes of at least 4 members (excludes halogenated alkanes) is 3. The number of pyridine rings is 2. The van der Waals surface area contributed by atoms with Crippen LogP contribution in [0.4, 0.5) is 10.6 Å². The molecule has 0 aromatic carbocycles. The highest BCUT2D eigenvalue weighted by atomic mass is 16.6. The van der Waals surface area contributed by atoms with Gasteiger partial charge in [0.2, 0.25) is 5.88 Å². The molecule has 3 rings (SSSR count). The predicted molar refractivity (Wildman–Crippen MR) is 143 cm³/mol. The van der Waals surface area contributed by atoms with E-state index in [0.717, 1.165) is 74.0 Å². The van der Waals surface area contributed by atoms with E-state index in [9.17, 15) is 14.7 Å². The van der Waals surface area contributed by atoms with Crippen LogP contribution in [0.5, 0.6) is 5.88 Å². The Morgan fingerprint density at radius 1 is 1.11 bits per heavy atom. The van der Waals surface area contributed by atoms with Crippen LogP contribution in [-0.4, -0.2) is 45.9 Å². The molecule has 0 bridgehead atoms. The van der Waals surface area contributed by atoms with Crippen LogP contribution >= 0.6 is 0 Å². The van der Waals surface area contributed by atoms with E-state index < -0.39 is 5.60 Å². The number of amides is 1. The standard InChI is InChI=1S/C29H41N3O5/c1-5-36-26(34)19-22(23-15-17-25(33)30-20-23)11-8-6-7-9-13-24-16-14-21-12-10-18-32(27(21)31-24)28(35)37-29(2,3)4/h14-17,20,22H,5-13,18-19H2,1-4H3,(H,30,33)/t22-/m0/s1. The molecule has 1 N–H and O–H groups in total. The second-order valence-electron chi connectivity index (χ2n) is 10.6. The molecule has 2 aromatic rings. The smallest absolute Gasteiger partial charge is 0.416 e. The number of hydrogen-bond acceptors (Lipinski definition) is 7. The van der Waals surface area contributed by atoms with Gasteiger partial charge in [0.15, 0.2) is 0 Å². The van der Waals surface area contributed by atoms with Crippen molar-refractivity contribution in [3.63, 3.8) is 0 Å². The van der Waals surface area contributed by atoms with Gasteiger partial charge in [0.05, 0.1) is 13.0 Å². The first-order valence-electron chi connectivity index (χ1n) is 13.5. The summed E-state index contributed by atoms with van der Waals surface area (Å²) >= 11 is 0. The Bertz CT molecular complexity index is 1030. The van der Waals surface area contributed by atoms with Gasteiger partial charge in [-0.25, -0.2) is 14.8 Å². The van der Waals surface area contributed by atoms with Crippen molar-refractivity contribution in [2.24, 2.45) is 0 Å². The number of rotatable bonds is 11. The average Bonchev–Trinajstić information content (AvgIpc) is 2.84. The summed E-state index contributed by atoms with van der Waals surface area (Å²) in [6.07, 6.45) is 9.23. The maximum absolute atomic E-state index is 12.7. The number of ether oxygens (including phenoxy) is 2. The predicted octanol–water partition coefficient (Wildman–Crippen LogP) is 6.10. The minimum Gasteiger partial charge on any atom is -0.493 e. The highest BCUT2D eigenvalue weighted by Gasteiger charge is 2.28. The third-order valence-electron chi connectivity index (χ3n) is 6.41. The van der Waals surface area contributed by atoms with Gasteiger partial charge in [-0.3, -0.25) is 9.69 Å². The highest BCUT2D eigenvalue weighted by molar-refractivity contribution is 5.88. The van der Waals surface area contributed by atoms with Crippen molar-refractivity contribution in [3.05, 3.63) is 47.3 Å². The van der Waals surface area contributed by atoms with Crippen LogP contribution in [0, 0.1) is 0 Å². The number of esters is 1. The number of anilines is 1. The normalized spacial score (nSPS) is 14.1. The van der Waals surface area contributed by atoms with Crippen molar-refractivity contribution in [1.82, 2.24) is 9.97 Å². The second kappa shape index (κ2) is 13.4. The Morgan fingerprint density at radius 2 is 1.89 bits per heavy atom. The van der Waals surface area contributed by atoms with Crippen LogP contribution in [0.25, 0.3) is 0 Å². The first-order valence-corrected chi connectivity index (χ1v) is 13.5. The summed E-state index contributed by atoms with van der Waals surface area (Å²) in [5.74, 6) is 0.527. The molecule has 0 spiro atoms. The zero-order valence-corrected chi connectivity index (χ0v) is 22.7. The average molecular weight is 512 g/mol. The number of carbonyl (C=O) groups excluding carboxylic acids is 2. The molecule has 1 aliphatic rings. The van der Waals surface area contributed by atoms with Gasteiger partial charge in [-0.05, 0) is 82.9 Å². The third kappa shape index (κ3) is 9.02. The lowest BCUT2D eigenvalue weighted by Gasteiger charge is -2.31. The van der Waals surface area contributed by atoms with E-state index in [2.05, 4.69) is 17.1 Å². The van der Waals surface area contributed by atoms with Crippen LogP contribution in [0.3, 0.4) is 0 Å². The molecular formula is C29H41N3O5. The number of aromatic hydroxyl groups is 1. The summed E-state index contributed by atoms with van der Waals surface area (Å²) in [5, 5.41) is 9.49. The maximum Gasteiger partial charge on any atom is 0.416 e. The van der Waals surface area contributed by atoms with E-state index in [1.165, 1.54) is 0 Å². The minimum absolute atomic E-state index is 0.0216. The lowest BCUT2D eigenvalue weighted by atomic mass is 9.91. The van der Waals surface area contributed by atoms with Gasteiger partial charge < -0.3 is 14.6 Å². The number of aromatic nitrogens is 2. The largest absolute Gasteiger partial charge is 0.493 e. The van der Waals surface area contributed by atoms with Crippen molar-refractivity contribution in [1.29, 1.82) is 0 Å². The Hall–Kier alpha value is -3.16. The first kappa shape index (κ1) is 28.4. The van der Waals surface area contributed by atoms with Gasteiger partial charge in [-0.1, -0.05) is 31.4 Å². The summed E-state index contributed by atoms with van der Waals surface area (Å²) in [7, 11) is 0. The molecule has 202 valence electrons. The van der Waals surface area contributed by atoms with Crippen molar-refractivity contribution in [3.8, 4) is 5.88 Å². The van der Waals surface area contributed by atoms with E-state index in [-0.39, 0.29) is 23.9 Å². The molecular weight excluding hydrogens is 470 g/mol. The van der Waals surface area contributed by atoms with Gasteiger partial charge in [0.1, 0.15) is 11.4 Å². The third-order valence-corrected chi connectivity index (χ3v) is 6.41. The Morgan fingerprint density at radius 3 is 2.59 bits per heavy atom. The Kier molecular flexibility index (Phi) is 10.3. The van der Waals surface area contributed by atoms with Crippen molar-refractivity contribution in [2.75, 3.05) is 18.1 Å². The molecule has 0 fully saturated rings. The molecule has 0 radical (unpaired) electrons. The molecule has 8 nitrogen and oxygen atoms in total. The van der Waals surface area contributed by atoms with Crippen molar-refractivity contribution in [2.45, 2.75) is 97.0 Å². The van der Waals surface area contributed by atoms with E-state index >= 15 is 0 Å². The van der Waals surface area contributed by atoms with E-state index in [1.54, 1.807) is 17.2 Å². The quantitative estimate of drug-likeness (QED) is 0.287. The van der Waals surface area contributed by atoms with Crippen LogP contribution in [-0.2, 0) is 27.1 Å². The molecule has 0 unspecified atom stereocenters. The molecule has 3 heterocycles. The molecule has 0 aliphatic carbocycles. The minimum atomic E-state index is -0.541. The number of carbonyl (C=O) groups is 2. The molecule has 1 aliphatic heterocycles. The molecule has 1 amide bonds. The molecule has 0 saturated carbocycles. The maximum atomic E-state index is 12.7. The lowest BCUT2D eigenvalue weighted by molar-refractivity contribution is -0.143. The highest BCUT2D eigenvalue weighted by Crippen LogP contribution is 2.29. The zero-order valence-electron chi connectivity index (χ0n) is 22.7. The van der Waals surface area contributed by atoms with Crippen LogP contribution in [0.2, 0.25) is 0 Å². The van der Waals surface area contributed by atoms with Crippen molar-refractivity contribution < 1.29 is 24.2 Å². The fourth-order valence-corrected chi connectivity index (χ4v) is 4.61.